The zero-order chi connectivity index (χ0) is 12.1. The maximum Gasteiger partial charge on any atom is 0.00869 e. The molecule has 96 valence electrons. The highest BCUT2D eigenvalue weighted by Gasteiger charge is 2.26. The van der Waals surface area contributed by atoms with E-state index in [-0.39, 0.29) is 0 Å². The van der Waals surface area contributed by atoms with Crippen LogP contribution < -0.4 is 5.73 Å². The molecule has 0 aromatic carbocycles. The van der Waals surface area contributed by atoms with Crippen molar-refractivity contribution in [3.63, 3.8) is 0 Å². The van der Waals surface area contributed by atoms with Crippen molar-refractivity contribution in [1.82, 2.24) is 4.90 Å². The molecule has 2 N–H and O–H groups in total. The van der Waals surface area contributed by atoms with Gasteiger partial charge in [0, 0.05) is 12.6 Å². The molecule has 0 saturated heterocycles. The lowest BCUT2D eigenvalue weighted by Gasteiger charge is -2.37. The van der Waals surface area contributed by atoms with Gasteiger partial charge in [0.2, 0.25) is 0 Å². The topological polar surface area (TPSA) is 29.3 Å². The molecule has 0 aromatic heterocycles. The Morgan fingerprint density at radius 1 is 1.12 bits per heavy atom. The van der Waals surface area contributed by atoms with Gasteiger partial charge in [-0.25, -0.2) is 0 Å². The summed E-state index contributed by atoms with van der Waals surface area (Å²) in [7, 11) is 2.27. The van der Waals surface area contributed by atoms with Crippen molar-refractivity contribution < 1.29 is 0 Å². The average Bonchev–Trinajstić information content (AvgIpc) is 2.28. The van der Waals surface area contributed by atoms with Crippen LogP contribution in [0.5, 0.6) is 0 Å². The Balaban J connectivity index is 2.44. The van der Waals surface area contributed by atoms with E-state index < -0.39 is 0 Å². The Bertz CT molecular complexity index is 191. The molecule has 1 saturated carbocycles. The largest absolute Gasteiger partial charge is 0.330 e. The molecule has 1 aliphatic carbocycles. The van der Waals surface area contributed by atoms with Crippen molar-refractivity contribution in [1.29, 1.82) is 0 Å². The predicted molar refractivity (Wildman–Crippen MR) is 71.4 cm³/mol. The van der Waals surface area contributed by atoms with Crippen LogP contribution in [0, 0.1) is 17.8 Å². The summed E-state index contributed by atoms with van der Waals surface area (Å²) in [5.74, 6) is 2.35. The van der Waals surface area contributed by atoms with Gasteiger partial charge in [-0.1, -0.05) is 26.7 Å². The van der Waals surface area contributed by atoms with Crippen LogP contribution in [0.4, 0.5) is 0 Å². The first-order chi connectivity index (χ1) is 7.56. The molecule has 0 aliphatic heterocycles. The summed E-state index contributed by atoms with van der Waals surface area (Å²) in [5.41, 5.74) is 5.89. The molecule has 1 fully saturated rings. The first-order valence-electron chi connectivity index (χ1n) is 6.96. The monoisotopic (exact) mass is 226 g/mol. The van der Waals surface area contributed by atoms with E-state index in [9.17, 15) is 0 Å². The van der Waals surface area contributed by atoms with Gasteiger partial charge in [-0.2, -0.15) is 0 Å². The van der Waals surface area contributed by atoms with Crippen molar-refractivity contribution in [2.75, 3.05) is 20.1 Å². The minimum Gasteiger partial charge on any atom is -0.330 e. The number of nitrogens with zero attached hydrogens (tertiary/aromatic N) is 1. The molecule has 1 aliphatic rings. The second kappa shape index (κ2) is 6.61. The lowest BCUT2D eigenvalue weighted by atomic mass is 9.79. The molecule has 1 rings (SSSR count). The van der Waals surface area contributed by atoms with Gasteiger partial charge in [0.05, 0.1) is 0 Å². The normalized spacial score (nSPS) is 28.7. The number of hydrogen-bond donors (Lipinski definition) is 1. The smallest absolute Gasteiger partial charge is 0.00869 e. The fourth-order valence-corrected chi connectivity index (χ4v) is 2.88. The van der Waals surface area contributed by atoms with Crippen LogP contribution >= 0.6 is 0 Å². The van der Waals surface area contributed by atoms with Crippen molar-refractivity contribution in [2.24, 2.45) is 23.5 Å². The first kappa shape index (κ1) is 14.0. The molecular formula is C14H30N2. The van der Waals surface area contributed by atoms with E-state index >= 15 is 0 Å². The van der Waals surface area contributed by atoms with Crippen LogP contribution in [0.2, 0.25) is 0 Å². The SMILES string of the molecule is CC(C)C(C)N(C)CC1CCCCC1CN. The number of hydrogen-bond acceptors (Lipinski definition) is 2. The third-order valence-electron chi connectivity index (χ3n) is 4.55. The Morgan fingerprint density at radius 2 is 1.69 bits per heavy atom. The van der Waals surface area contributed by atoms with Crippen molar-refractivity contribution in [3.8, 4) is 0 Å². The van der Waals surface area contributed by atoms with Crippen LogP contribution in [-0.2, 0) is 0 Å². The lowest BCUT2D eigenvalue weighted by molar-refractivity contribution is 0.128. The highest BCUT2D eigenvalue weighted by atomic mass is 15.1. The Kier molecular flexibility index (Phi) is 5.77. The van der Waals surface area contributed by atoms with Gasteiger partial charge in [0.15, 0.2) is 0 Å². The Hall–Kier alpha value is -0.0800. The van der Waals surface area contributed by atoms with Gasteiger partial charge < -0.3 is 10.6 Å². The molecule has 0 aromatic rings. The fraction of sp³-hybridized carbons (Fsp3) is 1.00. The van der Waals surface area contributed by atoms with Gasteiger partial charge in [-0.15, -0.1) is 0 Å². The highest BCUT2D eigenvalue weighted by molar-refractivity contribution is 4.80. The van der Waals surface area contributed by atoms with Gasteiger partial charge in [0.1, 0.15) is 0 Å². The molecule has 0 radical (unpaired) electrons. The standard InChI is InChI=1S/C14H30N2/c1-11(2)12(3)16(4)10-14-8-6-5-7-13(14)9-15/h11-14H,5-10,15H2,1-4H3. The quantitative estimate of drug-likeness (QED) is 0.781. The maximum atomic E-state index is 5.89. The molecule has 0 spiro atoms. The van der Waals surface area contributed by atoms with Gasteiger partial charge in [-0.05, 0) is 51.1 Å². The molecule has 0 amide bonds. The highest BCUT2D eigenvalue weighted by Crippen LogP contribution is 2.30. The zero-order valence-electron chi connectivity index (χ0n) is 11.6. The van der Waals surface area contributed by atoms with Crippen LogP contribution in [0.25, 0.3) is 0 Å². The van der Waals surface area contributed by atoms with E-state index in [2.05, 4.69) is 32.7 Å². The van der Waals surface area contributed by atoms with E-state index in [1.54, 1.807) is 0 Å². The molecule has 2 nitrogen and oxygen atoms in total. The second-order valence-electron chi connectivity index (χ2n) is 5.96. The summed E-state index contributed by atoms with van der Waals surface area (Å²) >= 11 is 0. The van der Waals surface area contributed by atoms with Gasteiger partial charge in [0.25, 0.3) is 0 Å². The number of nitrogens with two attached hydrogens (primary N) is 1. The zero-order valence-corrected chi connectivity index (χ0v) is 11.6. The fourth-order valence-electron chi connectivity index (χ4n) is 2.88. The maximum absolute atomic E-state index is 5.89. The lowest BCUT2D eigenvalue weighted by Crippen LogP contribution is -2.41. The van der Waals surface area contributed by atoms with E-state index in [0.29, 0.717) is 6.04 Å². The van der Waals surface area contributed by atoms with Crippen LogP contribution in [0.1, 0.15) is 46.5 Å². The molecule has 16 heavy (non-hydrogen) atoms. The van der Waals surface area contributed by atoms with E-state index in [1.165, 1.54) is 32.2 Å². The summed E-state index contributed by atoms with van der Waals surface area (Å²) in [4.78, 5) is 2.53. The molecule has 3 unspecified atom stereocenters. The van der Waals surface area contributed by atoms with Crippen molar-refractivity contribution in [2.45, 2.75) is 52.5 Å². The summed E-state index contributed by atoms with van der Waals surface area (Å²) in [6, 6.07) is 0.681. The Labute approximate surface area is 102 Å². The molecule has 2 heteroatoms. The summed E-state index contributed by atoms with van der Waals surface area (Å²) in [6.07, 6.45) is 5.54. The second-order valence-corrected chi connectivity index (χ2v) is 5.96. The molecule has 0 bridgehead atoms. The summed E-state index contributed by atoms with van der Waals surface area (Å²) < 4.78 is 0. The third kappa shape index (κ3) is 3.74. The van der Waals surface area contributed by atoms with Crippen molar-refractivity contribution >= 4 is 0 Å². The molecule has 3 atom stereocenters. The van der Waals surface area contributed by atoms with Crippen LogP contribution in [-0.4, -0.2) is 31.1 Å². The van der Waals surface area contributed by atoms with E-state index in [4.69, 9.17) is 5.73 Å². The summed E-state index contributed by atoms with van der Waals surface area (Å²) in [5, 5.41) is 0. The van der Waals surface area contributed by atoms with E-state index in [1.807, 2.05) is 0 Å². The van der Waals surface area contributed by atoms with E-state index in [0.717, 1.165) is 24.3 Å². The van der Waals surface area contributed by atoms with Crippen molar-refractivity contribution in [3.05, 3.63) is 0 Å². The number of rotatable bonds is 5. The minimum absolute atomic E-state index is 0.681. The third-order valence-corrected chi connectivity index (χ3v) is 4.55. The molecule has 0 heterocycles. The minimum atomic E-state index is 0.681. The summed E-state index contributed by atoms with van der Waals surface area (Å²) in [6.45, 7) is 9.08. The molecular weight excluding hydrogens is 196 g/mol. The first-order valence-corrected chi connectivity index (χ1v) is 6.96. The van der Waals surface area contributed by atoms with Crippen LogP contribution in [0.15, 0.2) is 0 Å². The average molecular weight is 226 g/mol. The van der Waals surface area contributed by atoms with Crippen LogP contribution in [0.3, 0.4) is 0 Å². The Morgan fingerprint density at radius 3 is 2.19 bits per heavy atom. The van der Waals surface area contributed by atoms with Gasteiger partial charge in [-0.3, -0.25) is 0 Å². The van der Waals surface area contributed by atoms with Gasteiger partial charge >= 0.3 is 0 Å². The predicted octanol–water partition coefficient (Wildman–Crippen LogP) is 2.73.